The van der Waals surface area contributed by atoms with Crippen molar-refractivity contribution >= 4 is 44.8 Å². The topological polar surface area (TPSA) is 118 Å². The van der Waals surface area contributed by atoms with Gasteiger partial charge in [0, 0.05) is 11.1 Å². The minimum atomic E-state index is -4.04. The van der Waals surface area contributed by atoms with Gasteiger partial charge >= 0.3 is 0 Å². The predicted octanol–water partition coefficient (Wildman–Crippen LogP) is 3.92. The minimum absolute atomic E-state index is 0.0485. The smallest absolute Gasteiger partial charge is 0.270 e. The maximum absolute atomic E-state index is 12.9. The summed E-state index contributed by atoms with van der Waals surface area (Å²) in [6, 6.07) is 8.17. The molecule has 0 atom stereocenters. The van der Waals surface area contributed by atoms with Crippen LogP contribution < -0.4 is 15.6 Å². The highest BCUT2D eigenvalue weighted by Crippen LogP contribution is 2.31. The molecule has 1 amide bonds. The lowest BCUT2D eigenvalue weighted by molar-refractivity contribution is -0.113. The highest BCUT2D eigenvalue weighted by Gasteiger charge is 2.24. The van der Waals surface area contributed by atoms with Gasteiger partial charge in [-0.3, -0.25) is 9.59 Å². The van der Waals surface area contributed by atoms with Gasteiger partial charge in [-0.15, -0.1) is 0 Å². The molecule has 0 aliphatic rings. The number of aryl methyl sites for hydroxylation is 3. The highest BCUT2D eigenvalue weighted by molar-refractivity contribution is 7.99. The zero-order chi connectivity index (χ0) is 24.3. The molecule has 2 N–H and O–H groups in total. The lowest BCUT2D eigenvalue weighted by Gasteiger charge is -2.12. The summed E-state index contributed by atoms with van der Waals surface area (Å²) >= 11 is 7.04. The molecule has 0 unspecified atom stereocenters. The second-order valence-corrected chi connectivity index (χ2v) is 10.6. The normalized spacial score (nSPS) is 11.3. The molecule has 1 heterocycles. The Kier molecular flexibility index (Phi) is 7.51. The number of sulfone groups is 1. The second kappa shape index (κ2) is 9.98. The number of nitrogens with zero attached hydrogens (tertiary/aromatic N) is 1. The summed E-state index contributed by atoms with van der Waals surface area (Å²) in [4.78, 5) is 30.9. The van der Waals surface area contributed by atoms with E-state index in [1.807, 2.05) is 6.92 Å². The van der Waals surface area contributed by atoms with Crippen molar-refractivity contribution < 1.29 is 17.9 Å². The van der Waals surface area contributed by atoms with E-state index in [1.54, 1.807) is 38.1 Å². The standard InChI is InChI=1S/C22H22ClN3O5S2/c1-12-5-6-18(14(3)7-12)33(29,30)19-10-24-22(26-21(19)28)32-11-20(27)25-16-8-13(2)15(23)9-17(16)31-4/h5-10H,11H2,1-4H3,(H,25,27)(H,24,26,28). The number of thioether (sulfide) groups is 1. The fraction of sp³-hybridized carbons (Fsp3) is 0.227. The van der Waals surface area contributed by atoms with Crippen molar-refractivity contribution in [3.8, 4) is 5.75 Å². The lowest BCUT2D eigenvalue weighted by atomic mass is 10.2. The maximum Gasteiger partial charge on any atom is 0.270 e. The highest BCUT2D eigenvalue weighted by atomic mass is 35.5. The van der Waals surface area contributed by atoms with E-state index in [2.05, 4.69) is 15.3 Å². The van der Waals surface area contributed by atoms with Crippen molar-refractivity contribution in [1.29, 1.82) is 0 Å². The molecule has 3 rings (SSSR count). The van der Waals surface area contributed by atoms with E-state index in [9.17, 15) is 18.0 Å². The van der Waals surface area contributed by atoms with Crippen LogP contribution in [0.25, 0.3) is 0 Å². The number of rotatable bonds is 7. The average Bonchev–Trinajstić information content (AvgIpc) is 2.74. The number of halogens is 1. The zero-order valence-electron chi connectivity index (χ0n) is 18.4. The van der Waals surface area contributed by atoms with Gasteiger partial charge in [-0.2, -0.15) is 0 Å². The number of ether oxygens (including phenoxy) is 1. The Morgan fingerprint density at radius 1 is 1.15 bits per heavy atom. The molecule has 0 fully saturated rings. The Morgan fingerprint density at radius 3 is 2.52 bits per heavy atom. The van der Waals surface area contributed by atoms with E-state index < -0.39 is 20.3 Å². The summed E-state index contributed by atoms with van der Waals surface area (Å²) in [6.07, 6.45) is 1.01. The van der Waals surface area contributed by atoms with Gasteiger partial charge in [0.15, 0.2) is 10.1 Å². The largest absolute Gasteiger partial charge is 0.495 e. The fourth-order valence-electron chi connectivity index (χ4n) is 3.10. The number of methoxy groups -OCH3 is 1. The summed E-state index contributed by atoms with van der Waals surface area (Å²) < 4.78 is 31.1. The van der Waals surface area contributed by atoms with Gasteiger partial charge in [0.05, 0.1) is 29.6 Å². The van der Waals surface area contributed by atoms with Crippen LogP contribution in [0.1, 0.15) is 16.7 Å². The molecule has 0 saturated heterocycles. The second-order valence-electron chi connectivity index (χ2n) is 7.29. The summed E-state index contributed by atoms with van der Waals surface area (Å²) in [6.45, 7) is 5.32. The molecule has 0 radical (unpaired) electrons. The van der Waals surface area contributed by atoms with Crippen molar-refractivity contribution in [2.45, 2.75) is 35.7 Å². The van der Waals surface area contributed by atoms with E-state index in [0.29, 0.717) is 22.0 Å². The van der Waals surface area contributed by atoms with Crippen LogP contribution in [0, 0.1) is 20.8 Å². The number of anilines is 1. The monoisotopic (exact) mass is 507 g/mol. The molecule has 33 heavy (non-hydrogen) atoms. The van der Waals surface area contributed by atoms with Gasteiger partial charge < -0.3 is 15.0 Å². The number of aromatic nitrogens is 2. The number of amides is 1. The molecule has 0 saturated carbocycles. The summed E-state index contributed by atoms with van der Waals surface area (Å²) in [5.41, 5.74) is 1.88. The minimum Gasteiger partial charge on any atom is -0.495 e. The number of hydrogen-bond donors (Lipinski definition) is 2. The van der Waals surface area contributed by atoms with Crippen molar-refractivity contribution in [2.24, 2.45) is 0 Å². The van der Waals surface area contributed by atoms with Crippen molar-refractivity contribution in [3.63, 3.8) is 0 Å². The molecule has 0 bridgehead atoms. The molecule has 2 aromatic carbocycles. The summed E-state index contributed by atoms with van der Waals surface area (Å²) in [5, 5.41) is 3.35. The van der Waals surface area contributed by atoms with Crippen molar-refractivity contribution in [3.05, 3.63) is 68.6 Å². The van der Waals surface area contributed by atoms with Gasteiger partial charge in [0.2, 0.25) is 15.7 Å². The molecule has 3 aromatic rings. The quantitative estimate of drug-likeness (QED) is 0.367. The Hall–Kier alpha value is -2.82. The van der Waals surface area contributed by atoms with Crippen LogP contribution in [0.2, 0.25) is 5.02 Å². The Balaban J connectivity index is 1.74. The molecule has 1 aromatic heterocycles. The molecule has 11 heteroatoms. The lowest BCUT2D eigenvalue weighted by Crippen LogP contribution is -2.20. The Labute approximate surface area is 200 Å². The maximum atomic E-state index is 12.9. The van der Waals surface area contributed by atoms with Gasteiger partial charge in [-0.05, 0) is 44.0 Å². The van der Waals surface area contributed by atoms with Crippen molar-refractivity contribution in [2.75, 3.05) is 18.2 Å². The number of nitrogens with one attached hydrogen (secondary N) is 2. The first-order valence-electron chi connectivity index (χ1n) is 9.71. The van der Waals surface area contributed by atoms with Crippen LogP contribution in [0.3, 0.4) is 0 Å². The first-order chi connectivity index (χ1) is 15.5. The van der Waals surface area contributed by atoms with Crippen LogP contribution >= 0.6 is 23.4 Å². The number of H-pyrrole nitrogens is 1. The molecule has 174 valence electrons. The molecular formula is C22H22ClN3O5S2. The van der Waals surface area contributed by atoms with E-state index >= 15 is 0 Å². The molecule has 0 spiro atoms. The number of hydrogen-bond acceptors (Lipinski definition) is 7. The van der Waals surface area contributed by atoms with E-state index in [4.69, 9.17) is 16.3 Å². The number of carbonyl (C=O) groups excluding carboxylic acids is 1. The van der Waals surface area contributed by atoms with Crippen LogP contribution in [0.4, 0.5) is 5.69 Å². The van der Waals surface area contributed by atoms with E-state index in [1.165, 1.54) is 13.2 Å². The fourth-order valence-corrected chi connectivity index (χ4v) is 5.34. The Morgan fingerprint density at radius 2 is 1.88 bits per heavy atom. The van der Waals surface area contributed by atoms with Crippen molar-refractivity contribution in [1.82, 2.24) is 9.97 Å². The number of benzene rings is 2. The summed E-state index contributed by atoms with van der Waals surface area (Å²) in [7, 11) is -2.57. The average molecular weight is 508 g/mol. The van der Waals surface area contributed by atoms with Crippen LogP contribution in [-0.4, -0.2) is 37.2 Å². The SMILES string of the molecule is COc1cc(Cl)c(C)cc1NC(=O)CSc1ncc(S(=O)(=O)c2ccc(C)cc2C)c(=O)[nH]1. The van der Waals surface area contributed by atoms with Crippen LogP contribution in [-0.2, 0) is 14.6 Å². The van der Waals surface area contributed by atoms with Crippen LogP contribution in [0.15, 0.2) is 56.3 Å². The molecular weight excluding hydrogens is 486 g/mol. The molecule has 8 nitrogen and oxygen atoms in total. The van der Waals surface area contributed by atoms with Gasteiger partial charge in [0.1, 0.15) is 5.75 Å². The van der Waals surface area contributed by atoms with Gasteiger partial charge in [0.25, 0.3) is 5.56 Å². The Bertz CT molecular complexity index is 1390. The molecule has 0 aliphatic carbocycles. The van der Waals surface area contributed by atoms with Crippen LogP contribution in [0.5, 0.6) is 5.75 Å². The zero-order valence-corrected chi connectivity index (χ0v) is 20.7. The van der Waals surface area contributed by atoms with Gasteiger partial charge in [-0.25, -0.2) is 13.4 Å². The first-order valence-corrected chi connectivity index (χ1v) is 12.6. The predicted molar refractivity (Wildman–Crippen MR) is 128 cm³/mol. The van der Waals surface area contributed by atoms with E-state index in [-0.39, 0.29) is 21.7 Å². The third-order valence-corrected chi connectivity index (χ3v) is 7.95. The van der Waals surface area contributed by atoms with Gasteiger partial charge in [-0.1, -0.05) is 41.1 Å². The first kappa shape index (κ1) is 24.8. The third kappa shape index (κ3) is 5.58. The number of aromatic amines is 1. The number of carbonyl (C=O) groups is 1. The molecule has 0 aliphatic heterocycles. The van der Waals surface area contributed by atoms with E-state index in [0.717, 1.165) is 29.1 Å². The summed E-state index contributed by atoms with van der Waals surface area (Å²) in [5.74, 6) is -0.0252. The third-order valence-electron chi connectivity index (χ3n) is 4.75.